The third-order valence-electron chi connectivity index (χ3n) is 3.45. The fourth-order valence-electron chi connectivity index (χ4n) is 2.46. The van der Waals surface area contributed by atoms with E-state index in [0.29, 0.717) is 0 Å². The Kier molecular flexibility index (Phi) is 4.89. The van der Waals surface area contributed by atoms with Gasteiger partial charge in [-0.15, -0.1) is 0 Å². The number of hydrogen-bond acceptors (Lipinski definition) is 6. The van der Waals surface area contributed by atoms with Crippen LogP contribution in [0.3, 0.4) is 0 Å². The number of carbonyl (C=O) groups excluding carboxylic acids is 1. The third kappa shape index (κ3) is 3.78. The van der Waals surface area contributed by atoms with Crippen molar-refractivity contribution in [2.45, 2.75) is 24.5 Å². The van der Waals surface area contributed by atoms with Gasteiger partial charge in [0.15, 0.2) is 0 Å². The maximum absolute atomic E-state index is 11.9. The van der Waals surface area contributed by atoms with Gasteiger partial charge in [0.1, 0.15) is 6.04 Å². The van der Waals surface area contributed by atoms with Crippen molar-refractivity contribution in [2.75, 3.05) is 6.44 Å². The van der Waals surface area contributed by atoms with E-state index in [2.05, 4.69) is 10.6 Å². The molecule has 2 rings (SSSR count). The molecular formula is C12H16BN3O5. The molecule has 1 heterocycles. The van der Waals surface area contributed by atoms with Crippen LogP contribution in [0.15, 0.2) is 30.3 Å². The maximum atomic E-state index is 11.9. The molecule has 1 amide bonds. The molecule has 1 aromatic carbocycles. The highest BCUT2D eigenvalue weighted by molar-refractivity contribution is 6.41. The van der Waals surface area contributed by atoms with Crippen LogP contribution in [0.4, 0.5) is 0 Å². The van der Waals surface area contributed by atoms with E-state index in [4.69, 9.17) is 10.0 Å². The van der Waals surface area contributed by atoms with Gasteiger partial charge >= 0.3 is 7.12 Å². The maximum Gasteiger partial charge on any atom is 0.472 e. The third-order valence-corrected chi connectivity index (χ3v) is 3.45. The Bertz CT molecular complexity index is 513. The van der Waals surface area contributed by atoms with Crippen molar-refractivity contribution < 1.29 is 19.8 Å². The SMILES string of the molecule is O=C(NCB(O)O)C1CC([N+](=O)[O-])C(c2ccccc2)N1. The fraction of sp³-hybridized carbons (Fsp3) is 0.417. The zero-order chi connectivity index (χ0) is 15.4. The largest absolute Gasteiger partial charge is 0.472 e. The lowest BCUT2D eigenvalue weighted by molar-refractivity contribution is -0.524. The zero-order valence-corrected chi connectivity index (χ0v) is 11.2. The van der Waals surface area contributed by atoms with Crippen LogP contribution < -0.4 is 10.6 Å². The molecule has 1 aliphatic rings. The first kappa shape index (κ1) is 15.4. The van der Waals surface area contributed by atoms with E-state index in [1.807, 2.05) is 6.07 Å². The molecule has 21 heavy (non-hydrogen) atoms. The van der Waals surface area contributed by atoms with Crippen molar-refractivity contribution in [3.8, 4) is 0 Å². The minimum atomic E-state index is -1.65. The van der Waals surface area contributed by atoms with E-state index in [0.717, 1.165) is 5.56 Å². The molecule has 0 aromatic heterocycles. The molecule has 3 unspecified atom stereocenters. The molecule has 1 aliphatic heterocycles. The summed E-state index contributed by atoms with van der Waals surface area (Å²) in [6.07, 6.45) is -0.254. The Hall–Kier alpha value is -1.97. The Morgan fingerprint density at radius 2 is 2.10 bits per heavy atom. The number of nitrogens with zero attached hydrogens (tertiary/aromatic N) is 1. The molecule has 1 aromatic rings. The molecule has 0 bridgehead atoms. The molecule has 1 fully saturated rings. The molecule has 9 heteroatoms. The lowest BCUT2D eigenvalue weighted by Gasteiger charge is -2.14. The van der Waals surface area contributed by atoms with Crippen LogP contribution in [0.1, 0.15) is 18.0 Å². The predicted molar refractivity (Wildman–Crippen MR) is 74.7 cm³/mol. The number of carbonyl (C=O) groups is 1. The van der Waals surface area contributed by atoms with Gasteiger partial charge in [0.05, 0.1) is 12.5 Å². The van der Waals surface area contributed by atoms with Gasteiger partial charge in [-0.05, 0) is 5.56 Å². The van der Waals surface area contributed by atoms with Crippen molar-refractivity contribution in [1.82, 2.24) is 10.6 Å². The summed E-state index contributed by atoms with van der Waals surface area (Å²) in [6, 6.07) is 6.74. The van der Waals surface area contributed by atoms with E-state index < -0.39 is 36.1 Å². The molecule has 112 valence electrons. The number of rotatable bonds is 5. The standard InChI is InChI=1S/C12H16BN3O5/c17-12(14-7-13(18)19)9-6-10(16(20)21)11(15-9)8-4-2-1-3-5-8/h1-5,9-11,15,18-19H,6-7H2,(H,14,17). The van der Waals surface area contributed by atoms with Gasteiger partial charge in [-0.3, -0.25) is 20.2 Å². The summed E-state index contributed by atoms with van der Waals surface area (Å²) in [5.74, 6) is -0.478. The van der Waals surface area contributed by atoms with E-state index in [1.54, 1.807) is 24.3 Å². The normalized spacial score (nSPS) is 24.6. The average molecular weight is 293 g/mol. The van der Waals surface area contributed by atoms with Crippen LogP contribution in [-0.4, -0.2) is 46.5 Å². The highest BCUT2D eigenvalue weighted by Crippen LogP contribution is 2.29. The Morgan fingerprint density at radius 3 is 2.67 bits per heavy atom. The van der Waals surface area contributed by atoms with Gasteiger partial charge in [-0.2, -0.15) is 0 Å². The predicted octanol–water partition coefficient (Wildman–Crippen LogP) is -1.14. The second-order valence-electron chi connectivity index (χ2n) is 4.92. The number of amides is 1. The van der Waals surface area contributed by atoms with Gasteiger partial charge in [0.25, 0.3) is 0 Å². The molecule has 8 nitrogen and oxygen atoms in total. The molecule has 4 N–H and O–H groups in total. The Balaban J connectivity index is 2.08. The van der Waals surface area contributed by atoms with Gasteiger partial charge in [-0.25, -0.2) is 0 Å². The van der Waals surface area contributed by atoms with Crippen molar-refractivity contribution in [2.24, 2.45) is 0 Å². The van der Waals surface area contributed by atoms with Crippen molar-refractivity contribution in [3.63, 3.8) is 0 Å². The summed E-state index contributed by atoms with van der Waals surface area (Å²) >= 11 is 0. The summed E-state index contributed by atoms with van der Waals surface area (Å²) in [6.45, 7) is 0. The van der Waals surface area contributed by atoms with E-state index in [9.17, 15) is 14.9 Å². The van der Waals surface area contributed by atoms with Gasteiger partial charge in [-0.1, -0.05) is 30.3 Å². The van der Waals surface area contributed by atoms with E-state index >= 15 is 0 Å². The van der Waals surface area contributed by atoms with Gasteiger partial charge < -0.3 is 15.4 Å². The topological polar surface area (TPSA) is 125 Å². The fourth-order valence-corrected chi connectivity index (χ4v) is 2.46. The number of benzene rings is 1. The van der Waals surface area contributed by atoms with Gasteiger partial charge in [0.2, 0.25) is 11.9 Å². The highest BCUT2D eigenvalue weighted by atomic mass is 16.6. The Morgan fingerprint density at radius 1 is 1.43 bits per heavy atom. The van der Waals surface area contributed by atoms with Crippen LogP contribution in [0, 0.1) is 10.1 Å². The molecule has 3 atom stereocenters. The van der Waals surface area contributed by atoms with Crippen LogP contribution in [0.25, 0.3) is 0 Å². The summed E-state index contributed by atoms with van der Waals surface area (Å²) in [4.78, 5) is 22.7. The number of hydrogen-bond donors (Lipinski definition) is 4. The molecule has 0 saturated carbocycles. The second-order valence-corrected chi connectivity index (χ2v) is 4.92. The van der Waals surface area contributed by atoms with Crippen LogP contribution in [-0.2, 0) is 4.79 Å². The quantitative estimate of drug-likeness (QED) is 0.309. The smallest absolute Gasteiger partial charge is 0.426 e. The summed E-state index contributed by atoms with van der Waals surface area (Å²) in [7, 11) is -1.65. The second kappa shape index (κ2) is 6.66. The molecule has 1 saturated heterocycles. The lowest BCUT2D eigenvalue weighted by atomic mass is 9.92. The minimum absolute atomic E-state index is 0.0555. The van der Waals surface area contributed by atoms with E-state index in [1.165, 1.54) is 0 Å². The molecule has 0 aliphatic carbocycles. The molecule has 0 spiro atoms. The zero-order valence-electron chi connectivity index (χ0n) is 11.2. The van der Waals surface area contributed by atoms with Crippen LogP contribution >= 0.6 is 0 Å². The summed E-state index contributed by atoms with van der Waals surface area (Å²) in [5.41, 5.74) is 0.747. The van der Waals surface area contributed by atoms with Crippen LogP contribution in [0.2, 0.25) is 0 Å². The first-order valence-electron chi connectivity index (χ1n) is 6.57. The summed E-state index contributed by atoms with van der Waals surface area (Å²) in [5, 5.41) is 33.9. The van der Waals surface area contributed by atoms with Crippen molar-refractivity contribution in [1.29, 1.82) is 0 Å². The lowest BCUT2D eigenvalue weighted by Crippen LogP contribution is -2.44. The van der Waals surface area contributed by atoms with E-state index in [-0.39, 0.29) is 12.9 Å². The van der Waals surface area contributed by atoms with Crippen LogP contribution in [0.5, 0.6) is 0 Å². The number of nitro groups is 1. The Labute approximate surface area is 121 Å². The van der Waals surface area contributed by atoms with Crippen molar-refractivity contribution >= 4 is 13.0 Å². The summed E-state index contributed by atoms with van der Waals surface area (Å²) < 4.78 is 0. The average Bonchev–Trinajstić information content (AvgIpc) is 2.91. The molecular weight excluding hydrogens is 277 g/mol. The first-order chi connectivity index (χ1) is 9.99. The van der Waals surface area contributed by atoms with Gasteiger partial charge in [0, 0.05) is 11.3 Å². The van der Waals surface area contributed by atoms with Crippen molar-refractivity contribution in [3.05, 3.63) is 46.0 Å². The number of nitrogens with one attached hydrogen (secondary N) is 2. The minimum Gasteiger partial charge on any atom is -0.426 e. The highest BCUT2D eigenvalue weighted by Gasteiger charge is 2.45. The molecule has 0 radical (unpaired) electrons. The first-order valence-corrected chi connectivity index (χ1v) is 6.57. The monoisotopic (exact) mass is 293 g/mol.